The molecule has 0 aliphatic heterocycles. The van der Waals surface area contributed by atoms with Gasteiger partial charge in [-0.2, -0.15) is 0 Å². The highest BCUT2D eigenvalue weighted by Gasteiger charge is 2.33. The molecule has 1 atom stereocenters. The highest BCUT2D eigenvalue weighted by Crippen LogP contribution is 2.35. The van der Waals surface area contributed by atoms with Crippen molar-refractivity contribution in [3.8, 4) is 0 Å². The topological polar surface area (TPSA) is 0 Å². The van der Waals surface area contributed by atoms with Gasteiger partial charge in [-0.25, -0.2) is 4.39 Å². The summed E-state index contributed by atoms with van der Waals surface area (Å²) in [6.07, 6.45) is 0. The van der Waals surface area contributed by atoms with Crippen LogP contribution in [-0.2, 0) is 0 Å². The molecule has 0 aliphatic rings. The van der Waals surface area contributed by atoms with Gasteiger partial charge in [0.2, 0.25) is 0 Å². The lowest BCUT2D eigenvalue weighted by molar-refractivity contribution is 0.0571. The van der Waals surface area contributed by atoms with E-state index in [4.69, 9.17) is 0 Å². The van der Waals surface area contributed by atoms with Crippen LogP contribution in [-0.4, -0.2) is 5.67 Å². The molecule has 0 amide bonds. The van der Waals surface area contributed by atoms with E-state index in [0.29, 0.717) is 0 Å². The Morgan fingerprint density at radius 2 is 1.30 bits per heavy atom. The zero-order valence-corrected chi connectivity index (χ0v) is 7.96. The molecule has 0 radical (unpaired) electrons. The van der Waals surface area contributed by atoms with Gasteiger partial charge in [-0.3, -0.25) is 0 Å². The van der Waals surface area contributed by atoms with Crippen molar-refractivity contribution in [3.63, 3.8) is 0 Å². The van der Waals surface area contributed by atoms with Gasteiger partial charge in [-0.05, 0) is 25.2 Å². The van der Waals surface area contributed by atoms with Crippen LogP contribution in [0.25, 0.3) is 0 Å². The number of alkyl halides is 1. The number of hydrogen-bond acceptors (Lipinski definition) is 0. The van der Waals surface area contributed by atoms with Gasteiger partial charge in [0.1, 0.15) is 5.67 Å². The van der Waals surface area contributed by atoms with Gasteiger partial charge in [0.05, 0.1) is 0 Å². The molecule has 0 bridgehead atoms. The van der Waals surface area contributed by atoms with Crippen LogP contribution in [0, 0.1) is 11.3 Å². The number of halogens is 1. The lowest BCUT2D eigenvalue weighted by Crippen LogP contribution is -2.33. The summed E-state index contributed by atoms with van der Waals surface area (Å²) in [4.78, 5) is 0. The van der Waals surface area contributed by atoms with Crippen LogP contribution in [0.1, 0.15) is 41.5 Å². The van der Waals surface area contributed by atoms with Crippen molar-refractivity contribution >= 4 is 0 Å². The Labute approximate surface area is 63.8 Å². The summed E-state index contributed by atoms with van der Waals surface area (Å²) < 4.78 is 13.3. The van der Waals surface area contributed by atoms with Gasteiger partial charge in [0.15, 0.2) is 0 Å². The second-order valence-electron chi connectivity index (χ2n) is 4.65. The summed E-state index contributed by atoms with van der Waals surface area (Å²) in [5.74, 6) is 0.0972. The average molecular weight is 146 g/mol. The smallest absolute Gasteiger partial charge is 0.108 e. The molecule has 0 saturated carbocycles. The minimum Gasteiger partial charge on any atom is -0.244 e. The first kappa shape index (κ1) is 9.93. The summed E-state index contributed by atoms with van der Waals surface area (Å²) >= 11 is 0. The van der Waals surface area contributed by atoms with Gasteiger partial charge in [-0.1, -0.05) is 27.7 Å². The normalized spacial score (nSPS) is 17.1. The quantitative estimate of drug-likeness (QED) is 0.531. The van der Waals surface area contributed by atoms with Gasteiger partial charge in [0, 0.05) is 0 Å². The second-order valence-corrected chi connectivity index (χ2v) is 4.65. The van der Waals surface area contributed by atoms with Crippen molar-refractivity contribution < 1.29 is 4.39 Å². The molecular weight excluding hydrogens is 127 g/mol. The molecule has 0 aromatic carbocycles. The van der Waals surface area contributed by atoms with Gasteiger partial charge < -0.3 is 0 Å². The maximum absolute atomic E-state index is 13.3. The molecule has 0 fully saturated rings. The molecule has 10 heavy (non-hydrogen) atoms. The fourth-order valence-electron chi connectivity index (χ4n) is 1.03. The van der Waals surface area contributed by atoms with Crippen LogP contribution in [0.5, 0.6) is 0 Å². The van der Waals surface area contributed by atoms with Gasteiger partial charge >= 0.3 is 0 Å². The first-order chi connectivity index (χ1) is 4.15. The molecule has 0 aromatic heterocycles. The Hall–Kier alpha value is -0.0700. The Morgan fingerprint density at radius 1 is 1.00 bits per heavy atom. The summed E-state index contributed by atoms with van der Waals surface area (Å²) in [7, 11) is 0. The van der Waals surface area contributed by atoms with Crippen molar-refractivity contribution in [2.75, 3.05) is 0 Å². The van der Waals surface area contributed by atoms with Crippen molar-refractivity contribution in [1.29, 1.82) is 0 Å². The van der Waals surface area contributed by atoms with E-state index in [9.17, 15) is 4.39 Å². The summed E-state index contributed by atoms with van der Waals surface area (Å²) in [5, 5.41) is 0. The van der Waals surface area contributed by atoms with E-state index in [1.807, 2.05) is 6.92 Å². The van der Waals surface area contributed by atoms with Crippen LogP contribution >= 0.6 is 0 Å². The molecule has 0 saturated heterocycles. The van der Waals surface area contributed by atoms with Crippen molar-refractivity contribution in [2.24, 2.45) is 11.3 Å². The Morgan fingerprint density at radius 3 is 1.30 bits per heavy atom. The molecule has 0 rings (SSSR count). The molecule has 0 heterocycles. The van der Waals surface area contributed by atoms with Crippen molar-refractivity contribution in [1.82, 2.24) is 0 Å². The van der Waals surface area contributed by atoms with E-state index in [0.717, 1.165) is 0 Å². The Bertz CT molecular complexity index is 88.9. The van der Waals surface area contributed by atoms with E-state index in [1.54, 1.807) is 13.8 Å². The zero-order chi connectivity index (χ0) is 8.58. The Kier molecular flexibility index (Phi) is 2.50. The number of rotatable bonds is 1. The van der Waals surface area contributed by atoms with E-state index in [-0.39, 0.29) is 11.3 Å². The molecule has 0 N–H and O–H groups in total. The van der Waals surface area contributed by atoms with Gasteiger partial charge in [-0.15, -0.1) is 0 Å². The van der Waals surface area contributed by atoms with Crippen LogP contribution in [0.2, 0.25) is 0 Å². The first-order valence-corrected chi connectivity index (χ1v) is 3.84. The minimum absolute atomic E-state index is 0.0677. The lowest BCUT2D eigenvalue weighted by Gasteiger charge is -2.34. The highest BCUT2D eigenvalue weighted by atomic mass is 19.1. The first-order valence-electron chi connectivity index (χ1n) is 3.84. The van der Waals surface area contributed by atoms with E-state index in [2.05, 4.69) is 20.8 Å². The van der Waals surface area contributed by atoms with E-state index in [1.165, 1.54) is 0 Å². The third kappa shape index (κ3) is 2.68. The molecule has 62 valence electrons. The monoisotopic (exact) mass is 146 g/mol. The minimum atomic E-state index is -1.06. The predicted octanol–water partition coefficient (Wildman–Crippen LogP) is 3.42. The van der Waals surface area contributed by atoms with Crippen molar-refractivity contribution in [2.45, 2.75) is 47.2 Å². The molecule has 0 aliphatic carbocycles. The SMILES string of the molecule is C[C@H](C(C)(C)C)C(C)(C)F. The van der Waals surface area contributed by atoms with Crippen molar-refractivity contribution in [3.05, 3.63) is 0 Å². The fourth-order valence-corrected chi connectivity index (χ4v) is 1.03. The van der Waals surface area contributed by atoms with E-state index < -0.39 is 5.67 Å². The highest BCUT2D eigenvalue weighted by molar-refractivity contribution is 4.83. The fraction of sp³-hybridized carbons (Fsp3) is 1.00. The number of hydrogen-bond donors (Lipinski definition) is 0. The summed E-state index contributed by atoms with van der Waals surface area (Å²) in [6.45, 7) is 11.4. The standard InChI is InChI=1S/C9H19F/c1-7(8(2,3)4)9(5,6)10/h7H,1-6H3/t7-/m1/s1. The van der Waals surface area contributed by atoms with Crippen LogP contribution < -0.4 is 0 Å². The van der Waals surface area contributed by atoms with Crippen LogP contribution in [0.15, 0.2) is 0 Å². The molecule has 1 heteroatoms. The zero-order valence-electron chi connectivity index (χ0n) is 7.96. The Balaban J connectivity index is 4.23. The molecular formula is C9H19F. The maximum Gasteiger partial charge on any atom is 0.108 e. The predicted molar refractivity (Wildman–Crippen MR) is 43.8 cm³/mol. The van der Waals surface area contributed by atoms with Crippen LogP contribution in [0.3, 0.4) is 0 Å². The summed E-state index contributed by atoms with van der Waals surface area (Å²) in [5.41, 5.74) is -0.990. The van der Waals surface area contributed by atoms with E-state index >= 15 is 0 Å². The molecule has 0 spiro atoms. The third-order valence-corrected chi connectivity index (χ3v) is 2.33. The summed E-state index contributed by atoms with van der Waals surface area (Å²) in [6, 6.07) is 0. The lowest BCUT2D eigenvalue weighted by atomic mass is 9.74. The molecule has 0 nitrogen and oxygen atoms in total. The second kappa shape index (κ2) is 2.52. The average Bonchev–Trinajstić information content (AvgIpc) is 1.59. The third-order valence-electron chi connectivity index (χ3n) is 2.33. The van der Waals surface area contributed by atoms with Crippen LogP contribution in [0.4, 0.5) is 4.39 Å². The largest absolute Gasteiger partial charge is 0.244 e. The maximum atomic E-state index is 13.3. The van der Waals surface area contributed by atoms with Gasteiger partial charge in [0.25, 0.3) is 0 Å². The molecule has 0 unspecified atom stereocenters. The molecule has 0 aromatic rings.